The minimum atomic E-state index is -0.468. The Bertz CT molecular complexity index is 428. The Hall–Kier alpha value is -1.39. The minimum absolute atomic E-state index is 0.0282. The van der Waals surface area contributed by atoms with Crippen LogP contribution in [0.2, 0.25) is 5.02 Å². The average molecular weight is 272 g/mol. The van der Waals surface area contributed by atoms with E-state index in [-0.39, 0.29) is 23.1 Å². The summed E-state index contributed by atoms with van der Waals surface area (Å²) in [5.41, 5.74) is 0.197. The van der Waals surface area contributed by atoms with Crippen molar-refractivity contribution in [1.82, 2.24) is 4.90 Å². The molecule has 0 aromatic heterocycles. The first kappa shape index (κ1) is 14.7. The molecule has 0 unspecified atom stereocenters. The maximum absolute atomic E-state index is 13.4. The van der Waals surface area contributed by atoms with Crippen LogP contribution in [0, 0.1) is 5.82 Å². The van der Waals surface area contributed by atoms with E-state index in [2.05, 4.69) is 0 Å². The number of benzene rings is 1. The van der Waals surface area contributed by atoms with Crippen molar-refractivity contribution in [1.29, 1.82) is 0 Å². The Morgan fingerprint density at radius 1 is 1.56 bits per heavy atom. The first-order chi connectivity index (χ1) is 8.56. The van der Waals surface area contributed by atoms with Gasteiger partial charge in [0, 0.05) is 31.8 Å². The molecule has 1 amide bonds. The summed E-state index contributed by atoms with van der Waals surface area (Å²) in [7, 11) is 1.62. The van der Waals surface area contributed by atoms with Gasteiger partial charge in [-0.2, -0.15) is 0 Å². The topological polar surface area (TPSA) is 40.5 Å². The molecule has 0 saturated carbocycles. The zero-order valence-electron chi connectivity index (χ0n) is 10.1. The van der Waals surface area contributed by atoms with Crippen molar-refractivity contribution in [3.63, 3.8) is 0 Å². The molecule has 98 valence electrons. The van der Waals surface area contributed by atoms with Crippen LogP contribution in [0.1, 0.15) is 12.0 Å². The summed E-state index contributed by atoms with van der Waals surface area (Å²) in [6.07, 6.45) is 3.13. The van der Waals surface area contributed by atoms with Crippen molar-refractivity contribution < 1.29 is 14.3 Å². The van der Waals surface area contributed by atoms with Crippen molar-refractivity contribution >= 4 is 23.6 Å². The number of amides is 1. The van der Waals surface area contributed by atoms with Gasteiger partial charge in [0.15, 0.2) is 0 Å². The normalized spacial score (nSPS) is 10.9. The number of rotatable bonds is 5. The van der Waals surface area contributed by atoms with Gasteiger partial charge in [0.25, 0.3) is 0 Å². The van der Waals surface area contributed by atoms with Crippen LogP contribution in [0.4, 0.5) is 4.39 Å². The first-order valence-electron chi connectivity index (χ1n) is 5.54. The minimum Gasteiger partial charge on any atom is -0.396 e. The summed E-state index contributed by atoms with van der Waals surface area (Å²) in [6.45, 7) is 0.477. The highest BCUT2D eigenvalue weighted by Crippen LogP contribution is 2.20. The SMILES string of the molecule is CN(CCCO)C(=O)/C=C/c1c(F)cccc1Cl. The lowest BCUT2D eigenvalue weighted by Gasteiger charge is -2.13. The van der Waals surface area contributed by atoms with E-state index >= 15 is 0 Å². The summed E-state index contributed by atoms with van der Waals surface area (Å²) in [5, 5.41) is 8.92. The molecule has 1 N–H and O–H groups in total. The van der Waals surface area contributed by atoms with Gasteiger partial charge >= 0.3 is 0 Å². The highest BCUT2D eigenvalue weighted by Gasteiger charge is 2.06. The summed E-state index contributed by atoms with van der Waals surface area (Å²) < 4.78 is 13.4. The molecule has 1 aromatic rings. The lowest BCUT2D eigenvalue weighted by molar-refractivity contribution is -0.124. The fraction of sp³-hybridized carbons (Fsp3) is 0.308. The number of carbonyl (C=O) groups excluding carboxylic acids is 1. The first-order valence-corrected chi connectivity index (χ1v) is 5.92. The Morgan fingerprint density at radius 3 is 2.89 bits per heavy atom. The predicted molar refractivity (Wildman–Crippen MR) is 69.8 cm³/mol. The second kappa shape index (κ2) is 7.13. The van der Waals surface area contributed by atoms with E-state index in [9.17, 15) is 9.18 Å². The van der Waals surface area contributed by atoms with E-state index in [4.69, 9.17) is 16.7 Å². The van der Waals surface area contributed by atoms with E-state index < -0.39 is 5.82 Å². The second-order valence-corrected chi connectivity index (χ2v) is 4.21. The highest BCUT2D eigenvalue weighted by molar-refractivity contribution is 6.32. The molecule has 0 fully saturated rings. The average Bonchev–Trinajstić information content (AvgIpc) is 2.35. The third-order valence-electron chi connectivity index (χ3n) is 2.42. The van der Waals surface area contributed by atoms with Crippen LogP contribution >= 0.6 is 11.6 Å². The molecule has 0 aliphatic carbocycles. The van der Waals surface area contributed by atoms with Crippen molar-refractivity contribution in [3.05, 3.63) is 40.7 Å². The van der Waals surface area contributed by atoms with E-state index in [0.717, 1.165) is 0 Å². The van der Waals surface area contributed by atoms with Crippen LogP contribution in [-0.2, 0) is 4.79 Å². The molecule has 0 heterocycles. The number of aliphatic hydroxyl groups is 1. The lowest BCUT2D eigenvalue weighted by atomic mass is 10.2. The van der Waals surface area contributed by atoms with Crippen LogP contribution in [0.3, 0.4) is 0 Å². The van der Waals surface area contributed by atoms with Crippen LogP contribution in [-0.4, -0.2) is 36.1 Å². The molecule has 5 heteroatoms. The van der Waals surface area contributed by atoms with Gasteiger partial charge in [-0.05, 0) is 24.6 Å². The summed E-state index contributed by atoms with van der Waals surface area (Å²) in [6, 6.07) is 4.35. The molecule has 0 radical (unpaired) electrons. The van der Waals surface area contributed by atoms with Gasteiger partial charge in [-0.3, -0.25) is 4.79 Å². The molecular formula is C13H15ClFNO2. The number of hydrogen-bond donors (Lipinski definition) is 1. The quantitative estimate of drug-likeness (QED) is 0.835. The number of hydrogen-bond acceptors (Lipinski definition) is 2. The Balaban J connectivity index is 2.72. The fourth-order valence-electron chi connectivity index (χ4n) is 1.37. The third kappa shape index (κ3) is 4.13. The third-order valence-corrected chi connectivity index (χ3v) is 2.75. The summed E-state index contributed by atoms with van der Waals surface area (Å²) in [4.78, 5) is 13.1. The lowest BCUT2D eigenvalue weighted by Crippen LogP contribution is -2.26. The van der Waals surface area contributed by atoms with Gasteiger partial charge in [-0.1, -0.05) is 17.7 Å². The zero-order valence-corrected chi connectivity index (χ0v) is 10.8. The molecule has 1 aromatic carbocycles. The number of likely N-dealkylation sites (N-methyl/N-ethyl adjacent to an activating group) is 1. The van der Waals surface area contributed by atoms with Gasteiger partial charge in [-0.25, -0.2) is 4.39 Å². The molecule has 0 atom stereocenters. The molecule has 3 nitrogen and oxygen atoms in total. The molecule has 0 bridgehead atoms. The Morgan fingerprint density at radius 2 is 2.28 bits per heavy atom. The van der Waals surface area contributed by atoms with Crippen molar-refractivity contribution in [2.24, 2.45) is 0 Å². The van der Waals surface area contributed by atoms with Crippen molar-refractivity contribution in [2.75, 3.05) is 20.2 Å². The number of aliphatic hydroxyl groups excluding tert-OH is 1. The van der Waals surface area contributed by atoms with Crippen molar-refractivity contribution in [2.45, 2.75) is 6.42 Å². The van der Waals surface area contributed by atoms with Crippen LogP contribution in [0.25, 0.3) is 6.08 Å². The number of carbonyl (C=O) groups is 1. The van der Waals surface area contributed by atoms with E-state index in [1.54, 1.807) is 13.1 Å². The van der Waals surface area contributed by atoms with Gasteiger partial charge in [0.2, 0.25) is 5.91 Å². The van der Waals surface area contributed by atoms with Crippen LogP contribution in [0.15, 0.2) is 24.3 Å². The van der Waals surface area contributed by atoms with Gasteiger partial charge in [0.1, 0.15) is 5.82 Å². The smallest absolute Gasteiger partial charge is 0.246 e. The Labute approximate surface area is 110 Å². The van der Waals surface area contributed by atoms with Gasteiger partial charge < -0.3 is 10.0 Å². The molecule has 0 spiro atoms. The van der Waals surface area contributed by atoms with Crippen LogP contribution in [0.5, 0.6) is 0 Å². The van der Waals surface area contributed by atoms with Gasteiger partial charge in [0.05, 0.1) is 5.02 Å². The molecular weight excluding hydrogens is 257 g/mol. The summed E-state index contributed by atoms with van der Waals surface area (Å²) >= 11 is 5.83. The molecule has 0 aliphatic heterocycles. The molecule has 18 heavy (non-hydrogen) atoms. The van der Waals surface area contributed by atoms with E-state index in [0.29, 0.717) is 13.0 Å². The number of nitrogens with zero attached hydrogens (tertiary/aromatic N) is 1. The highest BCUT2D eigenvalue weighted by atomic mass is 35.5. The fourth-order valence-corrected chi connectivity index (χ4v) is 1.60. The Kier molecular flexibility index (Phi) is 5.82. The van der Waals surface area contributed by atoms with Crippen LogP contribution < -0.4 is 0 Å². The van der Waals surface area contributed by atoms with E-state index in [1.807, 2.05) is 0 Å². The van der Waals surface area contributed by atoms with E-state index in [1.165, 1.54) is 29.2 Å². The number of halogens is 2. The summed E-state index contributed by atoms with van der Waals surface area (Å²) in [5.74, 6) is -0.729. The zero-order chi connectivity index (χ0) is 13.5. The van der Waals surface area contributed by atoms with Crippen molar-refractivity contribution in [3.8, 4) is 0 Å². The second-order valence-electron chi connectivity index (χ2n) is 3.81. The maximum Gasteiger partial charge on any atom is 0.246 e. The standard InChI is InChI=1S/C13H15ClFNO2/c1-16(8-3-9-17)13(18)7-6-10-11(14)4-2-5-12(10)15/h2,4-7,17H,3,8-9H2,1H3/b7-6+. The molecule has 1 rings (SSSR count). The molecule has 0 aliphatic rings. The monoisotopic (exact) mass is 271 g/mol. The molecule has 0 saturated heterocycles. The van der Waals surface area contributed by atoms with Gasteiger partial charge in [-0.15, -0.1) is 0 Å². The largest absolute Gasteiger partial charge is 0.396 e. The maximum atomic E-state index is 13.4. The predicted octanol–water partition coefficient (Wildman–Crippen LogP) is 2.33.